The van der Waals surface area contributed by atoms with Crippen LogP contribution in [0.25, 0.3) is 11.0 Å². The molecule has 0 saturated carbocycles. The molecule has 1 aromatic heterocycles. The molecule has 1 aliphatic heterocycles. The number of aromatic amines is 1. The van der Waals surface area contributed by atoms with Crippen molar-refractivity contribution >= 4 is 38.6 Å². The van der Waals surface area contributed by atoms with Crippen molar-refractivity contribution in [3.63, 3.8) is 0 Å². The Bertz CT molecular complexity index is 1040. The number of hydrogen-bond acceptors (Lipinski definition) is 3. The number of H-pyrrole nitrogens is 1. The first-order valence-electron chi connectivity index (χ1n) is 7.59. The summed E-state index contributed by atoms with van der Waals surface area (Å²) < 4.78 is 15.2. The SMILES string of the molecule is CC1=C(O)C(=O)N(c2ccc3nc[nH]c3c2)C1c1cc(Br)ccc1F. The Kier molecular flexibility index (Phi) is 3.61. The molecule has 1 aliphatic rings. The van der Waals surface area contributed by atoms with Gasteiger partial charge in [-0.25, -0.2) is 9.37 Å². The van der Waals surface area contributed by atoms with Gasteiger partial charge in [-0.15, -0.1) is 0 Å². The van der Waals surface area contributed by atoms with E-state index in [1.54, 1.807) is 43.6 Å². The maximum absolute atomic E-state index is 14.5. The van der Waals surface area contributed by atoms with Gasteiger partial charge in [-0.3, -0.25) is 9.69 Å². The molecule has 0 fully saturated rings. The van der Waals surface area contributed by atoms with Crippen molar-refractivity contribution in [2.24, 2.45) is 0 Å². The summed E-state index contributed by atoms with van der Waals surface area (Å²) in [5, 5.41) is 10.2. The third-order valence-electron chi connectivity index (χ3n) is 4.40. The molecule has 0 spiro atoms. The van der Waals surface area contributed by atoms with Crippen LogP contribution < -0.4 is 4.90 Å². The molecule has 2 N–H and O–H groups in total. The smallest absolute Gasteiger partial charge is 0.293 e. The Morgan fingerprint density at radius 1 is 1.28 bits per heavy atom. The number of carbonyl (C=O) groups excluding carboxylic acids is 1. The second kappa shape index (κ2) is 5.70. The first kappa shape index (κ1) is 15.8. The number of nitrogens with zero attached hydrogens (tertiary/aromatic N) is 2. The summed E-state index contributed by atoms with van der Waals surface area (Å²) >= 11 is 3.34. The van der Waals surface area contributed by atoms with E-state index in [1.807, 2.05) is 0 Å². The fraction of sp³-hybridized carbons (Fsp3) is 0.111. The van der Waals surface area contributed by atoms with Crippen molar-refractivity contribution in [2.75, 3.05) is 4.90 Å². The van der Waals surface area contributed by atoms with Crippen LogP contribution in [0.1, 0.15) is 18.5 Å². The number of benzene rings is 2. The normalized spacial score (nSPS) is 17.8. The molecule has 126 valence electrons. The number of carbonyl (C=O) groups is 1. The summed E-state index contributed by atoms with van der Waals surface area (Å²) in [6.45, 7) is 1.63. The van der Waals surface area contributed by atoms with Crippen LogP contribution in [0.5, 0.6) is 0 Å². The summed E-state index contributed by atoms with van der Waals surface area (Å²) in [7, 11) is 0. The summed E-state index contributed by atoms with van der Waals surface area (Å²) in [6, 6.07) is 9.10. The number of aromatic nitrogens is 2. The lowest BCUT2D eigenvalue weighted by molar-refractivity contribution is -0.117. The van der Waals surface area contributed by atoms with Crippen LogP contribution in [0, 0.1) is 5.82 Å². The number of rotatable bonds is 2. The average Bonchev–Trinajstić information content (AvgIpc) is 3.15. The van der Waals surface area contributed by atoms with Crippen LogP contribution in [0.4, 0.5) is 10.1 Å². The number of hydrogen-bond donors (Lipinski definition) is 2. The summed E-state index contributed by atoms with van der Waals surface area (Å²) in [4.78, 5) is 21.2. The number of amides is 1. The minimum atomic E-state index is -0.717. The second-order valence-electron chi connectivity index (χ2n) is 5.88. The quantitative estimate of drug-likeness (QED) is 0.668. The number of fused-ring (bicyclic) bond motifs is 1. The Morgan fingerprint density at radius 2 is 2.08 bits per heavy atom. The van der Waals surface area contributed by atoms with Crippen LogP contribution in [0.15, 0.2) is 58.5 Å². The lowest BCUT2D eigenvalue weighted by atomic mass is 9.99. The predicted octanol–water partition coefficient (Wildman–Crippen LogP) is 4.38. The molecule has 3 aromatic rings. The second-order valence-corrected chi connectivity index (χ2v) is 6.79. The van der Waals surface area contributed by atoms with Gasteiger partial charge < -0.3 is 10.1 Å². The molecule has 5 nitrogen and oxygen atoms in total. The maximum Gasteiger partial charge on any atom is 0.293 e. The topological polar surface area (TPSA) is 69.2 Å². The Balaban J connectivity index is 1.89. The molecule has 2 heterocycles. The fourth-order valence-electron chi connectivity index (χ4n) is 3.16. The van der Waals surface area contributed by atoms with E-state index in [9.17, 15) is 14.3 Å². The maximum atomic E-state index is 14.5. The molecule has 0 aliphatic carbocycles. The van der Waals surface area contributed by atoms with Crippen molar-refractivity contribution in [1.82, 2.24) is 9.97 Å². The van der Waals surface area contributed by atoms with Gasteiger partial charge in [-0.2, -0.15) is 0 Å². The fourth-order valence-corrected chi connectivity index (χ4v) is 3.54. The van der Waals surface area contributed by atoms with Gasteiger partial charge in [0, 0.05) is 21.3 Å². The first-order chi connectivity index (χ1) is 12.0. The minimum absolute atomic E-state index is 0.314. The molecule has 4 rings (SSSR count). The van der Waals surface area contributed by atoms with Crippen molar-refractivity contribution in [2.45, 2.75) is 13.0 Å². The molecule has 7 heteroatoms. The summed E-state index contributed by atoms with van der Waals surface area (Å²) in [5.74, 6) is -1.35. The molecule has 1 amide bonds. The molecule has 2 aromatic carbocycles. The summed E-state index contributed by atoms with van der Waals surface area (Å²) in [6.07, 6.45) is 1.56. The largest absolute Gasteiger partial charge is 0.503 e. The number of anilines is 1. The minimum Gasteiger partial charge on any atom is -0.503 e. The lowest BCUT2D eigenvalue weighted by Crippen LogP contribution is -2.30. The van der Waals surface area contributed by atoms with E-state index in [2.05, 4.69) is 25.9 Å². The predicted molar refractivity (Wildman–Crippen MR) is 95.7 cm³/mol. The third kappa shape index (κ3) is 2.42. The molecule has 0 radical (unpaired) electrons. The number of aliphatic hydroxyl groups is 1. The van der Waals surface area contributed by atoms with Gasteiger partial charge >= 0.3 is 0 Å². The molecule has 1 unspecified atom stereocenters. The van der Waals surface area contributed by atoms with Gasteiger partial charge in [0.25, 0.3) is 5.91 Å². The van der Waals surface area contributed by atoms with Crippen LogP contribution in [0.3, 0.4) is 0 Å². The van der Waals surface area contributed by atoms with E-state index in [0.29, 0.717) is 21.3 Å². The molecule has 0 saturated heterocycles. The van der Waals surface area contributed by atoms with E-state index in [-0.39, 0.29) is 5.76 Å². The lowest BCUT2D eigenvalue weighted by Gasteiger charge is -2.27. The zero-order chi connectivity index (χ0) is 17.7. The highest BCUT2D eigenvalue weighted by Crippen LogP contribution is 2.42. The third-order valence-corrected chi connectivity index (χ3v) is 4.89. The van der Waals surface area contributed by atoms with Crippen molar-refractivity contribution < 1.29 is 14.3 Å². The van der Waals surface area contributed by atoms with Crippen molar-refractivity contribution in [3.05, 3.63) is 69.9 Å². The Morgan fingerprint density at radius 3 is 2.88 bits per heavy atom. The van der Waals surface area contributed by atoms with Gasteiger partial charge in [0.2, 0.25) is 0 Å². The zero-order valence-electron chi connectivity index (χ0n) is 13.1. The van der Waals surface area contributed by atoms with Crippen LogP contribution in [-0.2, 0) is 4.79 Å². The van der Waals surface area contributed by atoms with Crippen molar-refractivity contribution in [3.8, 4) is 0 Å². The van der Waals surface area contributed by atoms with E-state index < -0.39 is 17.8 Å². The van der Waals surface area contributed by atoms with Crippen LogP contribution >= 0.6 is 15.9 Å². The first-order valence-corrected chi connectivity index (χ1v) is 8.38. The molecular formula is C18H13BrFN3O2. The number of nitrogens with one attached hydrogen (secondary N) is 1. The highest BCUT2D eigenvalue weighted by atomic mass is 79.9. The zero-order valence-corrected chi connectivity index (χ0v) is 14.7. The van der Waals surface area contributed by atoms with Crippen LogP contribution in [0.2, 0.25) is 0 Å². The van der Waals surface area contributed by atoms with Crippen molar-refractivity contribution in [1.29, 1.82) is 0 Å². The Hall–Kier alpha value is -2.67. The molecule has 25 heavy (non-hydrogen) atoms. The average molecular weight is 402 g/mol. The highest BCUT2D eigenvalue weighted by Gasteiger charge is 2.40. The molecule has 1 atom stereocenters. The number of aliphatic hydroxyl groups excluding tert-OH is 1. The van der Waals surface area contributed by atoms with Gasteiger partial charge in [0.15, 0.2) is 5.76 Å². The highest BCUT2D eigenvalue weighted by molar-refractivity contribution is 9.10. The van der Waals surface area contributed by atoms with Gasteiger partial charge in [-0.1, -0.05) is 15.9 Å². The molecular weight excluding hydrogens is 389 g/mol. The molecule has 0 bridgehead atoms. The number of imidazole rings is 1. The van der Waals surface area contributed by atoms with E-state index >= 15 is 0 Å². The Labute approximate surface area is 150 Å². The van der Waals surface area contributed by atoms with Crippen LogP contribution in [-0.4, -0.2) is 21.0 Å². The monoisotopic (exact) mass is 401 g/mol. The standard InChI is InChI=1S/C18H13BrFN3O2/c1-9-16(12-6-10(19)2-4-13(12)20)23(18(25)17(9)24)11-3-5-14-15(7-11)22-8-21-14/h2-8,16,24H,1H3,(H,21,22). The van der Waals surface area contributed by atoms with E-state index in [4.69, 9.17) is 0 Å². The van der Waals surface area contributed by atoms with E-state index in [1.165, 1.54) is 11.0 Å². The van der Waals surface area contributed by atoms with Gasteiger partial charge in [0.1, 0.15) is 5.82 Å². The number of halogens is 2. The summed E-state index contributed by atoms with van der Waals surface area (Å²) in [5.41, 5.74) is 2.78. The van der Waals surface area contributed by atoms with Gasteiger partial charge in [0.05, 0.1) is 23.4 Å². The van der Waals surface area contributed by atoms with E-state index in [0.717, 1.165) is 11.0 Å². The van der Waals surface area contributed by atoms with Gasteiger partial charge in [-0.05, 0) is 43.3 Å².